The molecule has 0 aromatic carbocycles. The molecule has 1 aromatic rings. The van der Waals surface area contributed by atoms with Gasteiger partial charge in [0.1, 0.15) is 0 Å². The van der Waals surface area contributed by atoms with Gasteiger partial charge in [-0.1, -0.05) is 12.2 Å². The molecule has 0 spiro atoms. The summed E-state index contributed by atoms with van der Waals surface area (Å²) in [5.74, 6) is 0.623. The largest absolute Gasteiger partial charge is 0.396 e. The highest BCUT2D eigenvalue weighted by Gasteiger charge is 2.56. The maximum atomic E-state index is 13.4. The van der Waals surface area contributed by atoms with E-state index in [1.807, 2.05) is 35.8 Å². The molecular weight excluding hydrogens is 406 g/mol. The average Bonchev–Trinajstić information content (AvgIpc) is 3.60. The minimum atomic E-state index is -0.343. The Balaban J connectivity index is 1.51. The Bertz CT molecular complexity index is 932. The molecule has 32 heavy (non-hydrogen) atoms. The first kappa shape index (κ1) is 21.9. The maximum absolute atomic E-state index is 13.4. The lowest BCUT2D eigenvalue weighted by atomic mass is 9.86. The number of ether oxygens (including phenoxy) is 1. The van der Waals surface area contributed by atoms with Crippen LogP contribution in [-0.4, -0.2) is 59.4 Å². The van der Waals surface area contributed by atoms with Gasteiger partial charge in [0.2, 0.25) is 5.91 Å². The number of nitrogens with zero attached hydrogens (tertiary/aromatic N) is 2. The first-order chi connectivity index (χ1) is 15.6. The molecule has 0 unspecified atom stereocenters. The fourth-order valence-corrected chi connectivity index (χ4v) is 6.01. The number of aliphatic hydroxyl groups is 1. The van der Waals surface area contributed by atoms with Crippen molar-refractivity contribution in [3.63, 3.8) is 0 Å². The lowest BCUT2D eigenvalue weighted by Gasteiger charge is -2.40. The molecule has 4 aliphatic rings. The molecule has 5 rings (SSSR count). The number of amides is 1. The Morgan fingerprint density at radius 1 is 1.22 bits per heavy atom. The molecule has 1 aromatic heterocycles. The van der Waals surface area contributed by atoms with Gasteiger partial charge in [-0.2, -0.15) is 0 Å². The highest BCUT2D eigenvalue weighted by atomic mass is 16.5. The van der Waals surface area contributed by atoms with E-state index in [1.165, 1.54) is 12.8 Å². The van der Waals surface area contributed by atoms with Crippen LogP contribution in [0.15, 0.2) is 23.0 Å². The number of fused-ring (bicyclic) bond motifs is 4. The van der Waals surface area contributed by atoms with Crippen molar-refractivity contribution in [2.45, 2.75) is 51.2 Å². The van der Waals surface area contributed by atoms with Crippen molar-refractivity contribution < 1.29 is 14.6 Å². The molecule has 2 saturated heterocycles. The topological polar surface area (TPSA) is 83.8 Å². The smallest absolute Gasteiger partial charge is 0.258 e. The monoisotopic (exact) mass is 441 g/mol. The fourth-order valence-electron chi connectivity index (χ4n) is 6.01. The number of carbonyl (C=O) groups excluding carboxylic acids is 1. The number of hydrogen-bond donors (Lipinski definition) is 2. The third-order valence-corrected chi connectivity index (χ3v) is 7.92. The summed E-state index contributed by atoms with van der Waals surface area (Å²) >= 11 is 0. The molecule has 0 radical (unpaired) electrons. The van der Waals surface area contributed by atoms with Crippen LogP contribution in [0.3, 0.4) is 0 Å². The lowest BCUT2D eigenvalue weighted by molar-refractivity contribution is -0.127. The molecule has 174 valence electrons. The van der Waals surface area contributed by atoms with E-state index in [2.05, 4.69) is 10.2 Å². The summed E-state index contributed by atoms with van der Waals surface area (Å²) in [4.78, 5) is 29.1. The molecule has 1 aliphatic carbocycles. The summed E-state index contributed by atoms with van der Waals surface area (Å²) in [5, 5.41) is 13.6. The van der Waals surface area contributed by atoms with Crippen LogP contribution < -0.4 is 10.9 Å². The summed E-state index contributed by atoms with van der Waals surface area (Å²) in [6.07, 6.45) is 8.12. The van der Waals surface area contributed by atoms with Gasteiger partial charge in [0.15, 0.2) is 0 Å². The van der Waals surface area contributed by atoms with Crippen LogP contribution in [0.5, 0.6) is 0 Å². The molecule has 2 bridgehead atoms. The SMILES string of the molecule is C/C=C/c1ccc2n(c1=O)C[C@@H]1[C@@H](CO)[C@H](C(=O)NCC3CC3)[C@H]2N1CC1CCOCC1. The van der Waals surface area contributed by atoms with Crippen LogP contribution in [0.1, 0.15) is 49.9 Å². The second-order valence-electron chi connectivity index (χ2n) is 9.95. The standard InChI is InChI=1S/C25H35N3O4/c1-2-3-18-6-7-20-23-22(24(30)26-12-16-4-5-16)19(15-29)21(14-28(20)25(18)31)27(23)13-17-8-10-32-11-9-17/h2-3,6-7,16-17,19,21-23,29H,4-5,8-15H2,1H3,(H,26,30)/b3-2+/t19-,21-,22+,23+/m1/s1. The second-order valence-corrected chi connectivity index (χ2v) is 9.95. The van der Waals surface area contributed by atoms with Gasteiger partial charge in [0, 0.05) is 62.7 Å². The number of rotatable bonds is 7. The minimum absolute atomic E-state index is 0.00274. The van der Waals surface area contributed by atoms with E-state index in [0.29, 0.717) is 23.9 Å². The number of aliphatic hydroxyl groups excluding tert-OH is 1. The van der Waals surface area contributed by atoms with E-state index in [0.717, 1.165) is 44.8 Å². The molecule has 2 N–H and O–H groups in total. The lowest BCUT2D eigenvalue weighted by Crippen LogP contribution is -2.48. The second kappa shape index (κ2) is 9.12. The van der Waals surface area contributed by atoms with Gasteiger partial charge in [0.25, 0.3) is 5.56 Å². The van der Waals surface area contributed by atoms with Crippen molar-refractivity contribution in [2.75, 3.05) is 32.9 Å². The Morgan fingerprint density at radius 3 is 2.69 bits per heavy atom. The first-order valence-electron chi connectivity index (χ1n) is 12.2. The summed E-state index contributed by atoms with van der Waals surface area (Å²) in [7, 11) is 0. The zero-order chi connectivity index (χ0) is 22.2. The van der Waals surface area contributed by atoms with E-state index in [9.17, 15) is 14.7 Å². The molecule has 7 heteroatoms. The molecule has 4 heterocycles. The summed E-state index contributed by atoms with van der Waals surface area (Å²) < 4.78 is 7.42. The van der Waals surface area contributed by atoms with Crippen molar-refractivity contribution in [3.05, 3.63) is 39.8 Å². The maximum Gasteiger partial charge on any atom is 0.258 e. The van der Waals surface area contributed by atoms with E-state index < -0.39 is 0 Å². The molecule has 1 saturated carbocycles. The quantitative estimate of drug-likeness (QED) is 0.674. The van der Waals surface area contributed by atoms with Crippen molar-refractivity contribution in [1.29, 1.82) is 0 Å². The predicted octanol–water partition coefficient (Wildman–Crippen LogP) is 1.80. The third kappa shape index (κ3) is 3.95. The van der Waals surface area contributed by atoms with Gasteiger partial charge in [-0.3, -0.25) is 14.5 Å². The Morgan fingerprint density at radius 2 is 2.00 bits per heavy atom. The van der Waals surface area contributed by atoms with Gasteiger partial charge in [-0.25, -0.2) is 0 Å². The molecule has 3 aliphatic heterocycles. The van der Waals surface area contributed by atoms with Gasteiger partial charge >= 0.3 is 0 Å². The van der Waals surface area contributed by atoms with Crippen LogP contribution in [0.2, 0.25) is 0 Å². The zero-order valence-electron chi connectivity index (χ0n) is 18.9. The van der Waals surface area contributed by atoms with Crippen molar-refractivity contribution >= 4 is 12.0 Å². The third-order valence-electron chi connectivity index (χ3n) is 7.92. The molecule has 4 atom stereocenters. The summed E-state index contributed by atoms with van der Waals surface area (Å²) in [6, 6.07) is 3.71. The van der Waals surface area contributed by atoms with Gasteiger partial charge in [-0.05, 0) is 56.6 Å². The summed E-state index contributed by atoms with van der Waals surface area (Å²) in [5.41, 5.74) is 1.58. The Labute approximate surface area is 189 Å². The van der Waals surface area contributed by atoms with Crippen molar-refractivity contribution in [2.24, 2.45) is 23.7 Å². The van der Waals surface area contributed by atoms with Gasteiger partial charge in [-0.15, -0.1) is 0 Å². The van der Waals surface area contributed by atoms with Gasteiger partial charge < -0.3 is 19.7 Å². The van der Waals surface area contributed by atoms with Crippen LogP contribution in [0.25, 0.3) is 6.08 Å². The van der Waals surface area contributed by atoms with Gasteiger partial charge in [0.05, 0.1) is 12.0 Å². The number of carbonyl (C=O) groups is 1. The molecular formula is C25H35N3O4. The predicted molar refractivity (Wildman–Crippen MR) is 122 cm³/mol. The van der Waals surface area contributed by atoms with Crippen LogP contribution >= 0.6 is 0 Å². The van der Waals surface area contributed by atoms with E-state index in [-0.39, 0.29) is 42.0 Å². The Hall–Kier alpha value is -1.96. The van der Waals surface area contributed by atoms with Crippen molar-refractivity contribution in [3.8, 4) is 0 Å². The van der Waals surface area contributed by atoms with E-state index in [4.69, 9.17) is 4.74 Å². The fraction of sp³-hybridized carbons (Fsp3) is 0.680. The van der Waals surface area contributed by atoms with E-state index >= 15 is 0 Å². The van der Waals surface area contributed by atoms with Crippen molar-refractivity contribution in [1.82, 2.24) is 14.8 Å². The molecule has 3 fully saturated rings. The summed E-state index contributed by atoms with van der Waals surface area (Å²) in [6.45, 7) is 5.56. The average molecular weight is 442 g/mol. The first-order valence-corrected chi connectivity index (χ1v) is 12.2. The number of nitrogens with one attached hydrogen (secondary N) is 1. The highest BCUT2D eigenvalue weighted by Crippen LogP contribution is 2.49. The van der Waals surface area contributed by atoms with Crippen LogP contribution in [0, 0.1) is 23.7 Å². The highest BCUT2D eigenvalue weighted by molar-refractivity contribution is 5.80. The molecule has 7 nitrogen and oxygen atoms in total. The minimum Gasteiger partial charge on any atom is -0.396 e. The number of hydrogen-bond acceptors (Lipinski definition) is 5. The molecule has 1 amide bonds. The van der Waals surface area contributed by atoms with Crippen LogP contribution in [0.4, 0.5) is 0 Å². The van der Waals surface area contributed by atoms with E-state index in [1.54, 1.807) is 0 Å². The Kier molecular flexibility index (Phi) is 6.23. The van der Waals surface area contributed by atoms with Crippen LogP contribution in [-0.2, 0) is 16.1 Å². The number of aromatic nitrogens is 1. The number of pyridine rings is 1. The normalized spacial score (nSPS) is 30.6. The zero-order valence-corrected chi connectivity index (χ0v) is 18.9. The number of allylic oxidation sites excluding steroid dienone is 1.